The van der Waals surface area contributed by atoms with E-state index in [1.807, 2.05) is 25.2 Å². The number of hydrogen-bond acceptors (Lipinski definition) is 3. The number of benzene rings is 2. The Labute approximate surface area is 113 Å². The van der Waals surface area contributed by atoms with Crippen molar-refractivity contribution in [1.82, 2.24) is 5.32 Å². The first-order valence-electron chi connectivity index (χ1n) is 5.93. The van der Waals surface area contributed by atoms with Crippen molar-refractivity contribution >= 4 is 15.7 Å². The van der Waals surface area contributed by atoms with E-state index in [4.69, 9.17) is 0 Å². The van der Waals surface area contributed by atoms with Gasteiger partial charge in [0, 0.05) is 12.2 Å². The standard InChI is InChI=1S/C14H16N2O2S/c1-15-11-12-6-5-7-13(10-12)16-19(17,18)14-8-3-2-4-9-14/h2-10,15-16H,11H2,1H3. The van der Waals surface area contributed by atoms with Gasteiger partial charge in [0.15, 0.2) is 0 Å². The second-order valence-electron chi connectivity index (χ2n) is 4.15. The summed E-state index contributed by atoms with van der Waals surface area (Å²) in [5, 5.41) is 3.03. The van der Waals surface area contributed by atoms with Gasteiger partial charge in [-0.3, -0.25) is 4.72 Å². The van der Waals surface area contributed by atoms with Crippen molar-refractivity contribution in [1.29, 1.82) is 0 Å². The van der Waals surface area contributed by atoms with Crippen LogP contribution in [-0.2, 0) is 16.6 Å². The van der Waals surface area contributed by atoms with Crippen LogP contribution in [0.25, 0.3) is 0 Å². The van der Waals surface area contributed by atoms with E-state index in [1.165, 1.54) is 0 Å². The lowest BCUT2D eigenvalue weighted by Gasteiger charge is -2.09. The minimum Gasteiger partial charge on any atom is -0.316 e. The van der Waals surface area contributed by atoms with E-state index in [0.29, 0.717) is 12.2 Å². The minimum absolute atomic E-state index is 0.258. The van der Waals surface area contributed by atoms with Crippen molar-refractivity contribution in [3.8, 4) is 0 Å². The lowest BCUT2D eigenvalue weighted by Crippen LogP contribution is -2.13. The fraction of sp³-hybridized carbons (Fsp3) is 0.143. The second kappa shape index (κ2) is 5.86. The van der Waals surface area contributed by atoms with Crippen LogP contribution < -0.4 is 10.0 Å². The fourth-order valence-corrected chi connectivity index (χ4v) is 2.83. The lowest BCUT2D eigenvalue weighted by molar-refractivity contribution is 0.601. The van der Waals surface area contributed by atoms with Gasteiger partial charge in [0.05, 0.1) is 4.90 Å². The normalized spacial score (nSPS) is 11.2. The van der Waals surface area contributed by atoms with Gasteiger partial charge in [-0.1, -0.05) is 30.3 Å². The molecule has 0 spiro atoms. The average molecular weight is 276 g/mol. The van der Waals surface area contributed by atoms with Crippen LogP contribution in [-0.4, -0.2) is 15.5 Å². The van der Waals surface area contributed by atoms with E-state index in [1.54, 1.807) is 36.4 Å². The monoisotopic (exact) mass is 276 g/mol. The molecule has 100 valence electrons. The fourth-order valence-electron chi connectivity index (χ4n) is 1.76. The van der Waals surface area contributed by atoms with E-state index < -0.39 is 10.0 Å². The van der Waals surface area contributed by atoms with Gasteiger partial charge in [-0.05, 0) is 36.9 Å². The molecule has 0 aliphatic carbocycles. The second-order valence-corrected chi connectivity index (χ2v) is 5.83. The van der Waals surface area contributed by atoms with Gasteiger partial charge in [-0.25, -0.2) is 8.42 Å². The zero-order chi connectivity index (χ0) is 13.7. The van der Waals surface area contributed by atoms with Crippen molar-refractivity contribution in [2.75, 3.05) is 11.8 Å². The largest absolute Gasteiger partial charge is 0.316 e. The molecule has 2 N–H and O–H groups in total. The molecule has 0 unspecified atom stereocenters. The highest BCUT2D eigenvalue weighted by atomic mass is 32.2. The third-order valence-electron chi connectivity index (χ3n) is 2.61. The first-order chi connectivity index (χ1) is 9.12. The van der Waals surface area contributed by atoms with Gasteiger partial charge >= 0.3 is 0 Å². The molecule has 0 saturated heterocycles. The number of rotatable bonds is 5. The highest BCUT2D eigenvalue weighted by molar-refractivity contribution is 7.92. The molecule has 2 rings (SSSR count). The Bertz CT molecular complexity index is 640. The van der Waals surface area contributed by atoms with Crippen LogP contribution in [0.3, 0.4) is 0 Å². The Balaban J connectivity index is 2.23. The molecule has 2 aromatic carbocycles. The number of anilines is 1. The van der Waals surface area contributed by atoms with Crippen LogP contribution in [0, 0.1) is 0 Å². The van der Waals surface area contributed by atoms with Crippen LogP contribution >= 0.6 is 0 Å². The van der Waals surface area contributed by atoms with Gasteiger partial charge in [0.2, 0.25) is 0 Å². The van der Waals surface area contributed by atoms with Crippen molar-refractivity contribution in [2.45, 2.75) is 11.4 Å². The number of hydrogen-bond donors (Lipinski definition) is 2. The molecule has 0 saturated carbocycles. The van der Waals surface area contributed by atoms with Crippen molar-refractivity contribution in [2.24, 2.45) is 0 Å². The molecule has 19 heavy (non-hydrogen) atoms. The molecule has 2 aromatic rings. The Hall–Kier alpha value is -1.85. The molecule has 0 bridgehead atoms. The summed E-state index contributed by atoms with van der Waals surface area (Å²) in [5.41, 5.74) is 1.59. The summed E-state index contributed by atoms with van der Waals surface area (Å²) < 4.78 is 26.9. The van der Waals surface area contributed by atoms with Crippen LogP contribution in [0.5, 0.6) is 0 Å². The van der Waals surface area contributed by atoms with Gasteiger partial charge < -0.3 is 5.32 Å². The lowest BCUT2D eigenvalue weighted by atomic mass is 10.2. The molecule has 0 aromatic heterocycles. The predicted octanol–water partition coefficient (Wildman–Crippen LogP) is 2.21. The Morgan fingerprint density at radius 2 is 1.74 bits per heavy atom. The summed E-state index contributed by atoms with van der Waals surface area (Å²) in [6.07, 6.45) is 0. The summed E-state index contributed by atoms with van der Waals surface area (Å²) in [5.74, 6) is 0. The summed E-state index contributed by atoms with van der Waals surface area (Å²) >= 11 is 0. The first-order valence-corrected chi connectivity index (χ1v) is 7.41. The first kappa shape index (κ1) is 13.6. The van der Waals surface area contributed by atoms with Crippen LogP contribution in [0.2, 0.25) is 0 Å². The van der Waals surface area contributed by atoms with Crippen LogP contribution in [0.15, 0.2) is 59.5 Å². The average Bonchev–Trinajstić information content (AvgIpc) is 2.40. The minimum atomic E-state index is -3.52. The summed E-state index contributed by atoms with van der Waals surface area (Å²) in [4.78, 5) is 0.258. The molecule has 0 radical (unpaired) electrons. The van der Waals surface area contributed by atoms with Crippen molar-refractivity contribution in [3.05, 3.63) is 60.2 Å². The van der Waals surface area contributed by atoms with Crippen molar-refractivity contribution in [3.63, 3.8) is 0 Å². The third-order valence-corrected chi connectivity index (χ3v) is 4.01. The van der Waals surface area contributed by atoms with Crippen LogP contribution in [0.4, 0.5) is 5.69 Å². The van der Waals surface area contributed by atoms with E-state index in [0.717, 1.165) is 5.56 Å². The molecule has 0 amide bonds. The predicted molar refractivity (Wildman–Crippen MR) is 76.5 cm³/mol. The molecular weight excluding hydrogens is 260 g/mol. The Morgan fingerprint density at radius 3 is 2.42 bits per heavy atom. The SMILES string of the molecule is CNCc1cccc(NS(=O)(=O)c2ccccc2)c1. The Kier molecular flexibility index (Phi) is 4.19. The highest BCUT2D eigenvalue weighted by Gasteiger charge is 2.13. The van der Waals surface area contributed by atoms with Gasteiger partial charge in [-0.15, -0.1) is 0 Å². The van der Waals surface area contributed by atoms with Gasteiger partial charge in [-0.2, -0.15) is 0 Å². The maximum atomic E-state index is 12.1. The number of sulfonamides is 1. The molecule has 0 aliphatic rings. The quantitative estimate of drug-likeness (QED) is 0.880. The summed E-state index contributed by atoms with van der Waals surface area (Å²) in [6, 6.07) is 15.6. The molecule has 0 heterocycles. The maximum Gasteiger partial charge on any atom is 0.261 e. The highest BCUT2D eigenvalue weighted by Crippen LogP contribution is 2.16. The van der Waals surface area contributed by atoms with Crippen LogP contribution in [0.1, 0.15) is 5.56 Å². The molecular formula is C14H16N2O2S. The molecule has 0 fully saturated rings. The zero-order valence-corrected chi connectivity index (χ0v) is 11.4. The maximum absolute atomic E-state index is 12.1. The molecule has 4 nitrogen and oxygen atoms in total. The third kappa shape index (κ3) is 3.56. The van der Waals surface area contributed by atoms with Crippen molar-refractivity contribution < 1.29 is 8.42 Å². The summed E-state index contributed by atoms with van der Waals surface area (Å²) in [7, 11) is -1.67. The van der Waals surface area contributed by atoms with E-state index >= 15 is 0 Å². The van der Waals surface area contributed by atoms with Gasteiger partial charge in [0.25, 0.3) is 10.0 Å². The topological polar surface area (TPSA) is 58.2 Å². The summed E-state index contributed by atoms with van der Waals surface area (Å²) in [6.45, 7) is 0.695. The smallest absolute Gasteiger partial charge is 0.261 e. The van der Waals surface area contributed by atoms with E-state index in [9.17, 15) is 8.42 Å². The Morgan fingerprint density at radius 1 is 1.00 bits per heavy atom. The van der Waals surface area contributed by atoms with E-state index in [2.05, 4.69) is 10.0 Å². The number of nitrogens with one attached hydrogen (secondary N) is 2. The molecule has 0 aliphatic heterocycles. The van der Waals surface area contributed by atoms with E-state index in [-0.39, 0.29) is 4.90 Å². The molecule has 0 atom stereocenters. The van der Waals surface area contributed by atoms with Gasteiger partial charge in [0.1, 0.15) is 0 Å². The molecule has 5 heteroatoms. The zero-order valence-electron chi connectivity index (χ0n) is 10.6.